The van der Waals surface area contributed by atoms with E-state index in [2.05, 4.69) is 10.6 Å². The zero-order valence-corrected chi connectivity index (χ0v) is 12.4. The first kappa shape index (κ1) is 14.3. The minimum Gasteiger partial charge on any atom is -0.463 e. The van der Waals surface area contributed by atoms with Crippen LogP contribution in [0.25, 0.3) is 0 Å². The summed E-state index contributed by atoms with van der Waals surface area (Å²) in [5.74, 6) is 0.251. The Hall–Kier alpha value is -1.10. The predicted molar refractivity (Wildman–Crippen MR) is 78.6 cm³/mol. The molecule has 0 amide bonds. The van der Waals surface area contributed by atoms with E-state index in [1.54, 1.807) is 0 Å². The van der Waals surface area contributed by atoms with Gasteiger partial charge in [-0.25, -0.2) is 4.79 Å². The normalized spacial score (nSPS) is 24.7. The first-order chi connectivity index (χ1) is 9.13. The van der Waals surface area contributed by atoms with E-state index >= 15 is 0 Å². The van der Waals surface area contributed by atoms with Crippen molar-refractivity contribution in [2.45, 2.75) is 52.0 Å². The maximum atomic E-state index is 12.2. The molecule has 1 atom stereocenters. The highest BCUT2D eigenvalue weighted by Gasteiger charge is 2.35. The van der Waals surface area contributed by atoms with Crippen LogP contribution in [0.5, 0.6) is 0 Å². The smallest absolute Gasteiger partial charge is 0.337 e. The second kappa shape index (κ2) is 6.37. The molecular weight excluding hydrogens is 260 g/mol. The van der Waals surface area contributed by atoms with Gasteiger partial charge in [-0.3, -0.25) is 0 Å². The van der Waals surface area contributed by atoms with Crippen LogP contribution in [0.3, 0.4) is 0 Å². The third kappa shape index (κ3) is 3.26. The average Bonchev–Trinajstić information content (AvgIpc) is 2.39. The fourth-order valence-electron chi connectivity index (χ4n) is 3.03. The van der Waals surface area contributed by atoms with Gasteiger partial charge in [0.25, 0.3) is 0 Å². The van der Waals surface area contributed by atoms with Gasteiger partial charge in [0.1, 0.15) is 0 Å². The van der Waals surface area contributed by atoms with Gasteiger partial charge in [0.05, 0.1) is 18.2 Å². The molecular formula is C14H22N2O2S. The lowest BCUT2D eigenvalue weighted by Crippen LogP contribution is -2.53. The second-order valence-electron chi connectivity index (χ2n) is 5.23. The van der Waals surface area contributed by atoms with Crippen molar-refractivity contribution in [2.24, 2.45) is 5.92 Å². The monoisotopic (exact) mass is 282 g/mol. The number of hydrogen-bond donors (Lipinski definition) is 2. The number of allylic oxidation sites excluding steroid dienone is 1. The van der Waals surface area contributed by atoms with Crippen molar-refractivity contribution in [1.29, 1.82) is 0 Å². The van der Waals surface area contributed by atoms with E-state index in [0.717, 1.165) is 24.1 Å². The molecule has 0 aromatic heterocycles. The highest BCUT2D eigenvalue weighted by molar-refractivity contribution is 7.80. The van der Waals surface area contributed by atoms with Gasteiger partial charge in [-0.05, 0) is 44.8 Å². The molecule has 1 saturated carbocycles. The molecule has 0 saturated heterocycles. The van der Waals surface area contributed by atoms with E-state index in [0.29, 0.717) is 17.6 Å². The molecule has 19 heavy (non-hydrogen) atoms. The molecule has 1 fully saturated rings. The van der Waals surface area contributed by atoms with E-state index in [9.17, 15) is 4.79 Å². The number of thiocarbonyl (C=S) groups is 1. The minimum atomic E-state index is -0.224. The molecule has 106 valence electrons. The standard InChI is InChI=1S/C14H22N2O2S/c1-3-18-13(17)11-9(2)15-14(19)16-12(11)10-7-5-4-6-8-10/h10,12H,3-8H2,1-2H3,(H2,15,16,19)/t12-/m0/s1. The Balaban J connectivity index is 2.23. The van der Waals surface area contributed by atoms with Crippen molar-refractivity contribution in [2.75, 3.05) is 6.61 Å². The Morgan fingerprint density at radius 3 is 2.68 bits per heavy atom. The van der Waals surface area contributed by atoms with Crippen LogP contribution in [0.2, 0.25) is 0 Å². The molecule has 0 aromatic rings. The van der Waals surface area contributed by atoms with Gasteiger partial charge in [0.15, 0.2) is 5.11 Å². The Morgan fingerprint density at radius 1 is 1.37 bits per heavy atom. The van der Waals surface area contributed by atoms with Crippen LogP contribution in [0.15, 0.2) is 11.3 Å². The summed E-state index contributed by atoms with van der Waals surface area (Å²) in [6.07, 6.45) is 6.06. The first-order valence-corrected chi connectivity index (χ1v) is 7.49. The molecule has 2 rings (SSSR count). The summed E-state index contributed by atoms with van der Waals surface area (Å²) in [6, 6.07) is 0.00750. The van der Waals surface area contributed by atoms with Crippen molar-refractivity contribution in [3.63, 3.8) is 0 Å². The molecule has 0 bridgehead atoms. The summed E-state index contributed by atoms with van der Waals surface area (Å²) >= 11 is 5.22. The van der Waals surface area contributed by atoms with Gasteiger partial charge < -0.3 is 15.4 Å². The number of carbonyl (C=O) groups is 1. The van der Waals surface area contributed by atoms with Crippen molar-refractivity contribution in [1.82, 2.24) is 10.6 Å². The number of nitrogens with one attached hydrogen (secondary N) is 2. The molecule has 5 heteroatoms. The van der Waals surface area contributed by atoms with Crippen LogP contribution in [0, 0.1) is 5.92 Å². The van der Waals surface area contributed by atoms with E-state index in [1.165, 1.54) is 19.3 Å². The van der Waals surface area contributed by atoms with E-state index < -0.39 is 0 Å². The van der Waals surface area contributed by atoms with Crippen molar-refractivity contribution in [3.05, 3.63) is 11.3 Å². The topological polar surface area (TPSA) is 50.4 Å². The lowest BCUT2D eigenvalue weighted by Gasteiger charge is -2.36. The van der Waals surface area contributed by atoms with Crippen LogP contribution in [0.4, 0.5) is 0 Å². The van der Waals surface area contributed by atoms with E-state index in [-0.39, 0.29) is 12.0 Å². The zero-order valence-electron chi connectivity index (χ0n) is 11.6. The first-order valence-electron chi connectivity index (χ1n) is 7.09. The maximum absolute atomic E-state index is 12.2. The fourth-order valence-corrected chi connectivity index (χ4v) is 3.31. The summed E-state index contributed by atoms with van der Waals surface area (Å²) in [6.45, 7) is 4.13. The lowest BCUT2D eigenvalue weighted by atomic mass is 9.80. The van der Waals surface area contributed by atoms with E-state index in [4.69, 9.17) is 17.0 Å². The number of ether oxygens (including phenoxy) is 1. The Kier molecular flexibility index (Phi) is 4.80. The molecule has 1 aliphatic heterocycles. The van der Waals surface area contributed by atoms with Crippen molar-refractivity contribution >= 4 is 23.3 Å². The summed E-state index contributed by atoms with van der Waals surface area (Å²) in [7, 11) is 0. The van der Waals surface area contributed by atoms with Crippen molar-refractivity contribution < 1.29 is 9.53 Å². The van der Waals surface area contributed by atoms with Crippen LogP contribution in [-0.4, -0.2) is 23.7 Å². The maximum Gasteiger partial charge on any atom is 0.337 e. The Labute approximate surface area is 120 Å². The number of hydrogen-bond acceptors (Lipinski definition) is 3. The van der Waals surface area contributed by atoms with Gasteiger partial charge in [0.2, 0.25) is 0 Å². The molecule has 4 nitrogen and oxygen atoms in total. The van der Waals surface area contributed by atoms with Crippen LogP contribution < -0.4 is 10.6 Å². The van der Waals surface area contributed by atoms with Gasteiger partial charge in [-0.2, -0.15) is 0 Å². The molecule has 2 N–H and O–H groups in total. The van der Waals surface area contributed by atoms with Crippen molar-refractivity contribution in [3.8, 4) is 0 Å². The Bertz CT molecular complexity index is 400. The summed E-state index contributed by atoms with van der Waals surface area (Å²) in [5, 5.41) is 6.92. The van der Waals surface area contributed by atoms with Gasteiger partial charge in [0, 0.05) is 5.70 Å². The van der Waals surface area contributed by atoms with Crippen LogP contribution >= 0.6 is 12.2 Å². The molecule has 1 heterocycles. The molecule has 0 unspecified atom stereocenters. The average molecular weight is 282 g/mol. The largest absolute Gasteiger partial charge is 0.463 e. The molecule has 2 aliphatic rings. The third-order valence-electron chi connectivity index (χ3n) is 3.92. The molecule has 1 aliphatic carbocycles. The fraction of sp³-hybridized carbons (Fsp3) is 0.714. The quantitative estimate of drug-likeness (QED) is 0.614. The Morgan fingerprint density at radius 2 is 2.05 bits per heavy atom. The third-order valence-corrected chi connectivity index (χ3v) is 4.14. The summed E-state index contributed by atoms with van der Waals surface area (Å²) in [5.41, 5.74) is 1.56. The van der Waals surface area contributed by atoms with Gasteiger partial charge in [-0.1, -0.05) is 19.3 Å². The zero-order chi connectivity index (χ0) is 13.8. The van der Waals surface area contributed by atoms with Crippen LogP contribution in [-0.2, 0) is 9.53 Å². The van der Waals surface area contributed by atoms with Gasteiger partial charge in [-0.15, -0.1) is 0 Å². The number of carbonyl (C=O) groups excluding carboxylic acids is 1. The van der Waals surface area contributed by atoms with Gasteiger partial charge >= 0.3 is 5.97 Å². The predicted octanol–water partition coefficient (Wildman–Crippen LogP) is 2.25. The SMILES string of the molecule is CCOC(=O)C1=C(C)NC(=S)N[C@H]1C1CCCCC1. The van der Waals surface area contributed by atoms with E-state index in [1.807, 2.05) is 13.8 Å². The molecule has 0 aromatic carbocycles. The lowest BCUT2D eigenvalue weighted by molar-refractivity contribution is -0.139. The molecule has 0 spiro atoms. The van der Waals surface area contributed by atoms with Crippen LogP contribution in [0.1, 0.15) is 46.0 Å². The molecule has 0 radical (unpaired) electrons. The summed E-state index contributed by atoms with van der Waals surface area (Å²) < 4.78 is 5.19. The summed E-state index contributed by atoms with van der Waals surface area (Å²) in [4.78, 5) is 12.2. The highest BCUT2D eigenvalue weighted by atomic mass is 32.1. The number of esters is 1. The minimum absolute atomic E-state index is 0.00750. The second-order valence-corrected chi connectivity index (χ2v) is 5.64. The highest BCUT2D eigenvalue weighted by Crippen LogP contribution is 2.31. The number of rotatable bonds is 3.